The Balaban J connectivity index is 3.20. The van der Waals surface area contributed by atoms with E-state index in [0.29, 0.717) is 0 Å². The maximum atomic E-state index is 9.97. The monoisotopic (exact) mass is 128 g/mol. The van der Waals surface area contributed by atoms with Crippen LogP contribution in [0.1, 0.15) is 13.8 Å². The molecule has 0 aliphatic carbocycles. The quantitative estimate of drug-likeness (QED) is 0.416. The van der Waals surface area contributed by atoms with Gasteiger partial charge in [-0.15, -0.1) is 0 Å². The van der Waals surface area contributed by atoms with Gasteiger partial charge in [-0.2, -0.15) is 0 Å². The summed E-state index contributed by atoms with van der Waals surface area (Å²) in [5, 5.41) is 3.43. The molecule has 2 heteroatoms. The summed E-state index contributed by atoms with van der Waals surface area (Å²) in [6.45, 7) is 4.37. The molecule has 0 rings (SSSR count). The van der Waals surface area contributed by atoms with Gasteiger partial charge in [-0.05, 0) is 5.28 Å². The van der Waals surface area contributed by atoms with Gasteiger partial charge in [0, 0.05) is 0 Å². The predicted molar refractivity (Wildman–Crippen MR) is 37.6 cm³/mol. The molecule has 8 heavy (non-hydrogen) atoms. The minimum Gasteiger partial charge on any atom is -0.305 e. The van der Waals surface area contributed by atoms with Gasteiger partial charge in [0.15, 0.2) is 0 Å². The molecule has 0 spiro atoms. The second-order valence-corrected chi connectivity index (χ2v) is 5.92. The zero-order chi connectivity index (χ0) is 6.41. The van der Waals surface area contributed by atoms with Crippen molar-refractivity contribution in [1.82, 2.24) is 0 Å². The highest BCUT2D eigenvalue weighted by Crippen LogP contribution is 2.00. The van der Waals surface area contributed by atoms with Crippen LogP contribution >= 0.6 is 0 Å². The highest BCUT2D eigenvalue weighted by atomic mass is 27.2. The van der Waals surface area contributed by atoms with Crippen molar-refractivity contribution in [2.45, 2.75) is 29.7 Å². The van der Waals surface area contributed by atoms with Crippen LogP contribution in [0.15, 0.2) is 0 Å². The zero-order valence-electron chi connectivity index (χ0n) is 5.68. The molecule has 0 aliphatic heterocycles. The third-order valence-electron chi connectivity index (χ3n) is 1.58. The number of hydrogen-bond donors (Lipinski definition) is 0. The Kier molecular flexibility index (Phi) is 5.48. The van der Waals surface area contributed by atoms with Gasteiger partial charge >= 0.3 is 0 Å². The molecule has 1 nitrogen and oxygen atoms in total. The molecule has 0 saturated heterocycles. The van der Waals surface area contributed by atoms with Crippen molar-refractivity contribution in [2.24, 2.45) is 0 Å². The summed E-state index contributed by atoms with van der Waals surface area (Å²) in [4.78, 5) is 9.97. The molecule has 0 aromatic heterocycles. The van der Waals surface area contributed by atoms with Crippen molar-refractivity contribution in [1.29, 1.82) is 0 Å². The molecule has 0 atom stereocenters. The highest BCUT2D eigenvalue weighted by molar-refractivity contribution is 6.61. The lowest BCUT2D eigenvalue weighted by atomic mass is 10.9. The van der Waals surface area contributed by atoms with Crippen molar-refractivity contribution < 1.29 is 4.79 Å². The average molecular weight is 128 g/mol. The van der Waals surface area contributed by atoms with Crippen molar-refractivity contribution in [2.75, 3.05) is 0 Å². The SMILES string of the molecule is C[CH2][Al]([CH2]C)[CH2]C=O. The van der Waals surface area contributed by atoms with E-state index >= 15 is 0 Å². The van der Waals surface area contributed by atoms with Crippen LogP contribution in [0.2, 0.25) is 15.8 Å². The van der Waals surface area contributed by atoms with Gasteiger partial charge in [0.1, 0.15) is 6.29 Å². The topological polar surface area (TPSA) is 17.1 Å². The number of hydrogen-bond acceptors (Lipinski definition) is 1. The van der Waals surface area contributed by atoms with Gasteiger partial charge in [0.2, 0.25) is 0 Å². The molecule has 0 fully saturated rings. The second-order valence-electron chi connectivity index (χ2n) is 2.08. The van der Waals surface area contributed by atoms with Crippen LogP contribution in [0.4, 0.5) is 0 Å². The first-order chi connectivity index (χ1) is 3.85. The molecular formula is C6H13AlO. The first kappa shape index (κ1) is 8.20. The highest BCUT2D eigenvalue weighted by Gasteiger charge is 2.08. The van der Waals surface area contributed by atoms with E-state index in [2.05, 4.69) is 13.8 Å². The molecule has 0 bridgehead atoms. The Morgan fingerprint density at radius 2 is 1.88 bits per heavy atom. The lowest BCUT2D eigenvalue weighted by Crippen LogP contribution is -2.08. The standard InChI is InChI=1S/C2H3O.2C2H5.Al/c1-2-3;2*1-2;/h2H,1H2;2*1H2,2H3;. The number of rotatable bonds is 4. The maximum Gasteiger partial charge on any atom is 0.271 e. The van der Waals surface area contributed by atoms with Crippen molar-refractivity contribution in [3.63, 3.8) is 0 Å². The van der Waals surface area contributed by atoms with Crippen LogP contribution < -0.4 is 0 Å². The van der Waals surface area contributed by atoms with Gasteiger partial charge in [-0.1, -0.05) is 24.4 Å². The van der Waals surface area contributed by atoms with Crippen LogP contribution in [-0.4, -0.2) is 20.4 Å². The minimum atomic E-state index is -0.560. The van der Waals surface area contributed by atoms with Crippen LogP contribution in [0.5, 0.6) is 0 Å². The number of carbonyl (C=O) groups is 1. The first-order valence-electron chi connectivity index (χ1n) is 3.28. The van der Waals surface area contributed by atoms with E-state index in [1.807, 2.05) is 0 Å². The van der Waals surface area contributed by atoms with Crippen LogP contribution in [0, 0.1) is 0 Å². The Bertz CT molecular complexity index is 59.5. The zero-order valence-corrected chi connectivity index (χ0v) is 6.84. The van der Waals surface area contributed by atoms with Crippen molar-refractivity contribution >= 4 is 20.4 Å². The average Bonchev–Trinajstić information content (AvgIpc) is 1.83. The summed E-state index contributed by atoms with van der Waals surface area (Å²) in [5.41, 5.74) is 0. The second kappa shape index (κ2) is 5.34. The van der Waals surface area contributed by atoms with Gasteiger partial charge in [0.25, 0.3) is 14.1 Å². The Morgan fingerprint density at radius 1 is 1.38 bits per heavy atom. The van der Waals surface area contributed by atoms with E-state index in [1.165, 1.54) is 10.6 Å². The van der Waals surface area contributed by atoms with Crippen LogP contribution in [-0.2, 0) is 4.79 Å². The van der Waals surface area contributed by atoms with Gasteiger partial charge < -0.3 is 4.79 Å². The Labute approximate surface area is 55.5 Å². The van der Waals surface area contributed by atoms with Gasteiger partial charge in [0.05, 0.1) is 0 Å². The summed E-state index contributed by atoms with van der Waals surface area (Å²) in [6.07, 6.45) is 1.07. The van der Waals surface area contributed by atoms with E-state index in [4.69, 9.17) is 0 Å². The van der Waals surface area contributed by atoms with E-state index < -0.39 is 14.1 Å². The van der Waals surface area contributed by atoms with Gasteiger partial charge in [-0.3, -0.25) is 0 Å². The molecule has 0 radical (unpaired) electrons. The lowest BCUT2D eigenvalue weighted by Gasteiger charge is -1.96. The Hall–Kier alpha value is 0.202. The largest absolute Gasteiger partial charge is 0.305 e. The number of aldehydes is 1. The molecule has 46 valence electrons. The smallest absolute Gasteiger partial charge is 0.271 e. The van der Waals surface area contributed by atoms with Crippen molar-refractivity contribution in [3.8, 4) is 0 Å². The third kappa shape index (κ3) is 3.24. The Morgan fingerprint density at radius 3 is 2.00 bits per heavy atom. The summed E-state index contributed by atoms with van der Waals surface area (Å²) >= 11 is -0.560. The van der Waals surface area contributed by atoms with E-state index in [-0.39, 0.29) is 0 Å². The fraction of sp³-hybridized carbons (Fsp3) is 0.833. The predicted octanol–water partition coefficient (Wildman–Crippen LogP) is 1.72. The van der Waals surface area contributed by atoms with E-state index in [1.54, 1.807) is 0 Å². The minimum absolute atomic E-state index is 0.560. The molecule has 0 unspecified atom stereocenters. The molecular weight excluding hydrogens is 115 g/mol. The van der Waals surface area contributed by atoms with E-state index in [9.17, 15) is 4.79 Å². The molecule has 0 amide bonds. The molecule has 0 aromatic rings. The van der Waals surface area contributed by atoms with Crippen LogP contribution in [0.25, 0.3) is 0 Å². The number of carbonyl (C=O) groups excluding carboxylic acids is 1. The fourth-order valence-corrected chi connectivity index (χ4v) is 2.27. The molecule has 0 heterocycles. The lowest BCUT2D eigenvalue weighted by molar-refractivity contribution is -0.106. The fourth-order valence-electron chi connectivity index (χ4n) is 0.758. The van der Waals surface area contributed by atoms with E-state index in [0.717, 1.165) is 11.6 Å². The third-order valence-corrected chi connectivity index (χ3v) is 4.75. The first-order valence-corrected chi connectivity index (χ1v) is 5.73. The molecule has 0 aliphatic rings. The molecule has 0 N–H and O–H groups in total. The summed E-state index contributed by atoms with van der Waals surface area (Å²) in [5.74, 6) is 0. The molecule has 0 aromatic carbocycles. The summed E-state index contributed by atoms with van der Waals surface area (Å²) < 4.78 is 0. The summed E-state index contributed by atoms with van der Waals surface area (Å²) in [6, 6.07) is 0. The summed E-state index contributed by atoms with van der Waals surface area (Å²) in [7, 11) is 0. The normalized spacial score (nSPS) is 8.75. The van der Waals surface area contributed by atoms with Crippen LogP contribution in [0.3, 0.4) is 0 Å². The molecule has 0 saturated carbocycles. The maximum absolute atomic E-state index is 9.97. The van der Waals surface area contributed by atoms with Crippen molar-refractivity contribution in [3.05, 3.63) is 0 Å². The van der Waals surface area contributed by atoms with Gasteiger partial charge in [-0.25, -0.2) is 0 Å².